The third-order valence-corrected chi connectivity index (χ3v) is 6.46. The first-order valence-electron chi connectivity index (χ1n) is 11.6. The zero-order chi connectivity index (χ0) is 23.3. The number of benzene rings is 2. The van der Waals surface area contributed by atoms with Crippen LogP contribution in [-0.2, 0) is 12.8 Å². The minimum atomic E-state index is 0.0364. The highest BCUT2D eigenvalue weighted by Crippen LogP contribution is 2.28. The number of hydrogen-bond donors (Lipinski definition) is 0. The van der Waals surface area contributed by atoms with E-state index in [4.69, 9.17) is 16.0 Å². The molecule has 5 rings (SSSR count). The summed E-state index contributed by atoms with van der Waals surface area (Å²) in [5, 5.41) is 0.718. The van der Waals surface area contributed by atoms with Crippen LogP contribution in [0.2, 0.25) is 5.02 Å². The van der Waals surface area contributed by atoms with Crippen molar-refractivity contribution in [3.8, 4) is 0 Å². The zero-order valence-electron chi connectivity index (χ0n) is 18.9. The highest BCUT2D eigenvalue weighted by Gasteiger charge is 2.28. The lowest BCUT2D eigenvalue weighted by Crippen LogP contribution is -2.39. The average molecular weight is 472 g/mol. The quantitative estimate of drug-likeness (QED) is 0.350. The first-order chi connectivity index (χ1) is 16.6. The van der Waals surface area contributed by atoms with Gasteiger partial charge in [-0.15, -0.1) is 0 Å². The Morgan fingerprint density at radius 2 is 1.79 bits per heavy atom. The minimum Gasteiger partial charge on any atom is -0.445 e. The van der Waals surface area contributed by atoms with Gasteiger partial charge in [0.05, 0.1) is 12.1 Å². The number of carbonyl (C=O) groups is 1. The molecule has 1 aliphatic heterocycles. The van der Waals surface area contributed by atoms with Gasteiger partial charge in [-0.2, -0.15) is 0 Å². The van der Waals surface area contributed by atoms with E-state index in [1.165, 1.54) is 5.56 Å². The summed E-state index contributed by atoms with van der Waals surface area (Å²) < 4.78 is 6.08. The molecule has 6 heteroatoms. The van der Waals surface area contributed by atoms with Crippen molar-refractivity contribution < 1.29 is 9.21 Å². The van der Waals surface area contributed by atoms with Crippen LogP contribution in [0.5, 0.6) is 0 Å². The van der Waals surface area contributed by atoms with Crippen LogP contribution in [-0.4, -0.2) is 33.9 Å². The fourth-order valence-corrected chi connectivity index (χ4v) is 4.58. The number of aromatic nitrogens is 2. The van der Waals surface area contributed by atoms with Crippen LogP contribution in [0.1, 0.15) is 57.6 Å². The number of oxazole rings is 1. The molecule has 0 unspecified atom stereocenters. The smallest absolute Gasteiger partial charge is 0.253 e. The number of carbonyl (C=O) groups excluding carboxylic acids is 1. The van der Waals surface area contributed by atoms with Gasteiger partial charge in [-0.05, 0) is 48.2 Å². The molecule has 2 aromatic carbocycles. The maximum absolute atomic E-state index is 13.3. The van der Waals surface area contributed by atoms with Crippen LogP contribution in [0.4, 0.5) is 0 Å². The van der Waals surface area contributed by atoms with E-state index < -0.39 is 0 Å². The molecule has 34 heavy (non-hydrogen) atoms. The van der Waals surface area contributed by atoms with E-state index in [0.717, 1.165) is 41.4 Å². The lowest BCUT2D eigenvalue weighted by Gasteiger charge is -2.31. The van der Waals surface area contributed by atoms with Crippen LogP contribution < -0.4 is 0 Å². The van der Waals surface area contributed by atoms with Gasteiger partial charge >= 0.3 is 0 Å². The molecule has 0 saturated carbocycles. The number of halogens is 1. The summed E-state index contributed by atoms with van der Waals surface area (Å²) in [5.41, 5.74) is 3.87. The summed E-state index contributed by atoms with van der Waals surface area (Å²) >= 11 is 5.98. The Morgan fingerprint density at radius 3 is 2.62 bits per heavy atom. The molecule has 1 aliphatic rings. The normalized spacial score (nSPS) is 15.9. The Bertz CT molecular complexity index is 1250. The fourth-order valence-electron chi connectivity index (χ4n) is 4.46. The summed E-state index contributed by atoms with van der Waals surface area (Å²) in [5.74, 6) is 1.66. The van der Waals surface area contributed by atoms with E-state index in [-0.39, 0.29) is 11.8 Å². The molecule has 0 spiro atoms. The molecule has 1 amide bonds. The molecule has 0 radical (unpaired) electrons. The van der Waals surface area contributed by atoms with Crippen LogP contribution >= 0.6 is 11.6 Å². The maximum Gasteiger partial charge on any atom is 0.253 e. The van der Waals surface area contributed by atoms with Crippen LogP contribution in [0.25, 0.3) is 0 Å². The van der Waals surface area contributed by atoms with E-state index >= 15 is 0 Å². The van der Waals surface area contributed by atoms with Crippen molar-refractivity contribution in [2.24, 2.45) is 0 Å². The van der Waals surface area contributed by atoms with Crippen molar-refractivity contribution in [2.75, 3.05) is 13.1 Å². The molecule has 1 saturated heterocycles. The Morgan fingerprint density at radius 1 is 1.00 bits per heavy atom. The summed E-state index contributed by atoms with van der Waals surface area (Å²) in [6, 6.07) is 21.6. The maximum atomic E-state index is 13.3. The summed E-state index contributed by atoms with van der Waals surface area (Å²) in [6.45, 7) is 1.35. The first kappa shape index (κ1) is 22.4. The number of amides is 1. The molecule has 0 aliphatic carbocycles. The van der Waals surface area contributed by atoms with Gasteiger partial charge in [-0.25, -0.2) is 4.98 Å². The van der Waals surface area contributed by atoms with Crippen molar-refractivity contribution in [2.45, 2.75) is 31.6 Å². The van der Waals surface area contributed by atoms with E-state index in [1.807, 2.05) is 53.4 Å². The van der Waals surface area contributed by atoms with Gasteiger partial charge in [0.15, 0.2) is 5.89 Å². The van der Waals surface area contributed by atoms with Crippen LogP contribution in [0.15, 0.2) is 83.5 Å². The van der Waals surface area contributed by atoms with E-state index in [2.05, 4.69) is 22.1 Å². The highest BCUT2D eigenvalue weighted by molar-refractivity contribution is 6.30. The van der Waals surface area contributed by atoms with E-state index in [0.29, 0.717) is 30.8 Å². The number of nitrogens with zero attached hydrogens (tertiary/aromatic N) is 3. The largest absolute Gasteiger partial charge is 0.445 e. The summed E-state index contributed by atoms with van der Waals surface area (Å²) in [7, 11) is 0. The number of pyridine rings is 1. The topological polar surface area (TPSA) is 59.2 Å². The molecule has 4 aromatic rings. The SMILES string of the molecule is O=C(c1ccnc(Cc2ccccc2)c1)N1CCC[C@@H](c2ncc(Cc3ccc(Cl)cc3)o2)C1. The van der Waals surface area contributed by atoms with E-state index in [1.54, 1.807) is 18.5 Å². The third-order valence-electron chi connectivity index (χ3n) is 6.21. The second kappa shape index (κ2) is 10.2. The van der Waals surface area contributed by atoms with E-state index in [9.17, 15) is 4.79 Å². The molecule has 1 fully saturated rings. The second-order valence-electron chi connectivity index (χ2n) is 8.76. The molecule has 3 heterocycles. The Labute approximate surface area is 204 Å². The average Bonchev–Trinajstić information content (AvgIpc) is 3.34. The molecule has 0 bridgehead atoms. The fraction of sp³-hybridized carbons (Fsp3) is 0.250. The van der Waals surface area contributed by atoms with Gasteiger partial charge in [0.25, 0.3) is 5.91 Å². The Balaban J connectivity index is 1.25. The van der Waals surface area contributed by atoms with Crippen molar-refractivity contribution in [1.82, 2.24) is 14.9 Å². The molecule has 1 atom stereocenters. The number of hydrogen-bond acceptors (Lipinski definition) is 4. The van der Waals surface area contributed by atoms with Crippen molar-refractivity contribution in [3.63, 3.8) is 0 Å². The van der Waals surface area contributed by atoms with Gasteiger partial charge < -0.3 is 9.32 Å². The van der Waals surface area contributed by atoms with Crippen molar-refractivity contribution in [3.05, 3.63) is 118 Å². The monoisotopic (exact) mass is 471 g/mol. The van der Waals surface area contributed by atoms with Crippen molar-refractivity contribution in [1.29, 1.82) is 0 Å². The Kier molecular flexibility index (Phi) is 6.72. The first-order valence-corrected chi connectivity index (χ1v) is 12.0. The van der Waals surface area contributed by atoms with Crippen molar-refractivity contribution >= 4 is 17.5 Å². The number of likely N-dealkylation sites (tertiary alicyclic amines) is 1. The number of piperidine rings is 1. The van der Waals surface area contributed by atoms with Gasteiger partial charge in [0.1, 0.15) is 5.76 Å². The molecule has 5 nitrogen and oxygen atoms in total. The molecule has 0 N–H and O–H groups in total. The highest BCUT2D eigenvalue weighted by atomic mass is 35.5. The Hall–Kier alpha value is -3.44. The third kappa shape index (κ3) is 5.37. The van der Waals surface area contributed by atoms with Crippen LogP contribution in [0, 0.1) is 0 Å². The number of rotatable bonds is 6. The standard InChI is InChI=1S/C28H26ClN3O2/c29-24-10-8-21(9-11-24)16-26-18-31-27(34-26)23-7-4-14-32(19-23)28(33)22-12-13-30-25(17-22)15-20-5-2-1-3-6-20/h1-3,5-6,8-13,17-18,23H,4,7,14-16,19H2/t23-/m1/s1. The summed E-state index contributed by atoms with van der Waals surface area (Å²) in [4.78, 5) is 24.2. The summed E-state index contributed by atoms with van der Waals surface area (Å²) in [6.07, 6.45) is 6.78. The predicted molar refractivity (Wildman–Crippen MR) is 132 cm³/mol. The van der Waals surface area contributed by atoms with Gasteiger partial charge in [0.2, 0.25) is 0 Å². The second-order valence-corrected chi connectivity index (χ2v) is 9.19. The molecular formula is C28H26ClN3O2. The van der Waals surface area contributed by atoms with Gasteiger partial charge in [-0.1, -0.05) is 54.1 Å². The predicted octanol–water partition coefficient (Wildman–Crippen LogP) is 5.92. The lowest BCUT2D eigenvalue weighted by atomic mass is 9.97. The zero-order valence-corrected chi connectivity index (χ0v) is 19.6. The van der Waals surface area contributed by atoms with Crippen LogP contribution in [0.3, 0.4) is 0 Å². The molecular weight excluding hydrogens is 446 g/mol. The lowest BCUT2D eigenvalue weighted by molar-refractivity contribution is 0.0697. The molecule has 172 valence electrons. The van der Waals surface area contributed by atoms with Gasteiger partial charge in [0, 0.05) is 48.4 Å². The minimum absolute atomic E-state index is 0.0364. The van der Waals surface area contributed by atoms with Gasteiger partial charge in [-0.3, -0.25) is 9.78 Å². The molecule has 2 aromatic heterocycles.